The minimum atomic E-state index is -7.01. The summed E-state index contributed by atoms with van der Waals surface area (Å²) < 4.78 is 380. The highest BCUT2D eigenvalue weighted by Crippen LogP contribution is 2.39. The quantitative estimate of drug-likeness (QED) is 0.0937. The van der Waals surface area contributed by atoms with Crippen LogP contribution in [-0.4, -0.2) is 6.15 Å². The second-order valence-corrected chi connectivity index (χ2v) is 13.9. The second-order valence-electron chi connectivity index (χ2n) is 13.9. The molecule has 25 heteroatoms. The lowest BCUT2D eigenvalue weighted by atomic mass is 9.11. The molecule has 0 unspecified atom stereocenters. The first-order valence-electron chi connectivity index (χ1n) is 17.0. The molecule has 0 aliphatic rings. The lowest BCUT2D eigenvalue weighted by Gasteiger charge is -2.47. The fourth-order valence-electron chi connectivity index (χ4n) is 8.42. The van der Waals surface area contributed by atoms with Gasteiger partial charge in [0.25, 0.3) is 0 Å². The summed E-state index contributed by atoms with van der Waals surface area (Å²) in [6.45, 7) is 0. The summed E-state index contributed by atoms with van der Waals surface area (Å²) in [7, 11) is 0. The van der Waals surface area contributed by atoms with Gasteiger partial charge < -0.3 is 0 Å². The Labute approximate surface area is 340 Å². The molecular weight excluding hydrogens is 947 g/mol. The van der Waals surface area contributed by atoms with Gasteiger partial charge in [0.2, 0.25) is 0 Å². The van der Waals surface area contributed by atoms with E-state index in [-0.39, 0.29) is 0 Å². The zero-order valence-electron chi connectivity index (χ0n) is 30.0. The summed E-state index contributed by atoms with van der Waals surface area (Å²) >= 11 is 0. The van der Waals surface area contributed by atoms with Crippen LogP contribution in [0.15, 0.2) is 24.3 Å². The molecule has 0 aliphatic carbocycles. The minimum Gasteiger partial charge on any atom is -0.207 e. The van der Waals surface area contributed by atoms with Crippen molar-refractivity contribution in [1.82, 2.24) is 0 Å². The number of fused-ring (bicyclic) bond motifs is 4. The molecule has 0 aliphatic heterocycles. The Bertz CT molecular complexity index is 3050. The maximum Gasteiger partial charge on any atom is 0.195 e. The van der Waals surface area contributed by atoms with Gasteiger partial charge in [-0.25, -0.2) is 105 Å². The summed E-state index contributed by atoms with van der Waals surface area (Å²) in [5.74, 6) is -75.8. The Hall–Kier alpha value is -6.82. The van der Waals surface area contributed by atoms with Crippen molar-refractivity contribution in [2.24, 2.45) is 0 Å². The molecule has 8 rings (SSSR count). The molecular formula is C40H4BF24-. The van der Waals surface area contributed by atoms with Crippen LogP contribution in [0.5, 0.6) is 0 Å². The van der Waals surface area contributed by atoms with E-state index in [1.165, 1.54) is 0 Å². The fraction of sp³-hybridized carbons (Fsp3) is 0. The monoisotopic (exact) mass is 951 g/mol. The summed E-state index contributed by atoms with van der Waals surface area (Å²) in [4.78, 5) is 0. The SMILES string of the molecule is Fc1cc2c([B-](c3c(F)c(F)c(F)c4c(F)c(F)c(F)cc34)(c3c(F)c(F)c(F)c4c(F)c(F)c(F)cc34)c3c(F)c(F)c(F)c4c(F)c(F)c(F)cc34)c(F)c(F)c(F)c2c(F)c1F. The van der Waals surface area contributed by atoms with Crippen molar-refractivity contribution in [2.75, 3.05) is 0 Å². The number of halogens is 24. The van der Waals surface area contributed by atoms with Crippen LogP contribution >= 0.6 is 0 Å². The Morgan fingerprint density at radius 1 is 0.185 bits per heavy atom. The third kappa shape index (κ3) is 5.55. The normalized spacial score (nSPS) is 12.3. The first kappa shape index (κ1) is 44.8. The first-order valence-corrected chi connectivity index (χ1v) is 17.0. The minimum absolute atomic E-state index is 0.812. The Morgan fingerprint density at radius 3 is 0.508 bits per heavy atom. The molecule has 0 N–H and O–H groups in total. The van der Waals surface area contributed by atoms with Crippen LogP contribution in [0.3, 0.4) is 0 Å². The Balaban J connectivity index is 1.98. The molecule has 0 spiro atoms. The summed E-state index contributed by atoms with van der Waals surface area (Å²) in [6.07, 6.45) is -7.01. The highest BCUT2D eigenvalue weighted by molar-refractivity contribution is 7.23. The van der Waals surface area contributed by atoms with Crippen LogP contribution in [0.4, 0.5) is 105 Å². The molecule has 0 fully saturated rings. The van der Waals surface area contributed by atoms with E-state index >= 15 is 87.8 Å². The van der Waals surface area contributed by atoms with Crippen LogP contribution in [0.1, 0.15) is 0 Å². The van der Waals surface area contributed by atoms with Gasteiger partial charge in [-0.15, -0.1) is 21.9 Å². The topological polar surface area (TPSA) is 0 Å². The van der Waals surface area contributed by atoms with Crippen molar-refractivity contribution in [2.45, 2.75) is 0 Å². The number of benzene rings is 8. The standard InChI is InChI=1S/C40H4BF24/c42-9-1-5-13(25(50)21(9)46)29(54)37(62)33(58)17(5)41(18-6-2-10(43)22(47)26(51)14(6)30(55)38(63)34(18)59,19-7-3-11(44)23(48)27(52)15(7)31(56)39(64)35(19)60)20-8-4-12(45)24(49)28(53)16(8)32(57)40(65)36(20)61/h1-4H/q-1. The molecule has 0 nitrogen and oxygen atoms in total. The molecule has 8 aromatic rings. The van der Waals surface area contributed by atoms with Gasteiger partial charge in [-0.3, -0.25) is 0 Å². The summed E-state index contributed by atoms with van der Waals surface area (Å²) in [5, 5.41) is -20.5. The predicted molar refractivity (Wildman–Crippen MR) is 179 cm³/mol. The van der Waals surface area contributed by atoms with Crippen molar-refractivity contribution in [3.8, 4) is 0 Å². The van der Waals surface area contributed by atoms with Gasteiger partial charge in [-0.1, -0.05) is 0 Å². The molecule has 0 aromatic heterocycles. The molecule has 0 heterocycles. The van der Waals surface area contributed by atoms with E-state index in [1.54, 1.807) is 0 Å². The van der Waals surface area contributed by atoms with Crippen LogP contribution in [0.2, 0.25) is 0 Å². The zero-order chi connectivity index (χ0) is 48.1. The van der Waals surface area contributed by atoms with E-state index in [0.29, 0.717) is 0 Å². The van der Waals surface area contributed by atoms with Crippen molar-refractivity contribution in [3.05, 3.63) is 164 Å². The van der Waals surface area contributed by atoms with Gasteiger partial charge in [0.1, 0.15) is 29.4 Å². The molecule has 0 saturated heterocycles. The molecule has 0 amide bonds. The fourth-order valence-corrected chi connectivity index (χ4v) is 8.42. The van der Waals surface area contributed by atoms with E-state index in [4.69, 9.17) is 0 Å². The average Bonchev–Trinajstić information content (AvgIpc) is 3.25. The van der Waals surface area contributed by atoms with Crippen molar-refractivity contribution >= 4 is 71.1 Å². The number of rotatable bonds is 4. The number of hydrogen-bond donors (Lipinski definition) is 0. The third-order valence-corrected chi connectivity index (χ3v) is 10.9. The Kier molecular flexibility index (Phi) is 10.1. The molecule has 8 aromatic carbocycles. The van der Waals surface area contributed by atoms with Crippen LogP contribution in [0.25, 0.3) is 43.1 Å². The maximum absolute atomic E-state index is 17.3. The summed E-state index contributed by atoms with van der Waals surface area (Å²) in [6, 6.07) is -3.25. The van der Waals surface area contributed by atoms with Gasteiger partial charge in [0, 0.05) is 0 Å². The molecule has 0 radical (unpaired) electrons. The first-order chi connectivity index (χ1) is 30.3. The molecule has 0 atom stereocenters. The second kappa shape index (κ2) is 14.6. The van der Waals surface area contributed by atoms with Gasteiger partial charge >= 0.3 is 0 Å². The van der Waals surface area contributed by atoms with Crippen LogP contribution in [-0.2, 0) is 0 Å². The van der Waals surface area contributed by atoms with Crippen molar-refractivity contribution in [1.29, 1.82) is 0 Å². The third-order valence-electron chi connectivity index (χ3n) is 10.9. The van der Waals surface area contributed by atoms with E-state index in [9.17, 15) is 17.6 Å². The van der Waals surface area contributed by atoms with Crippen molar-refractivity contribution < 1.29 is 105 Å². The predicted octanol–water partition coefficient (Wildman–Crippen LogP) is 11.0. The maximum atomic E-state index is 17.3. The van der Waals surface area contributed by atoms with E-state index in [2.05, 4.69) is 0 Å². The van der Waals surface area contributed by atoms with Crippen LogP contribution in [0, 0.1) is 140 Å². The van der Waals surface area contributed by atoms with E-state index in [0.717, 1.165) is 0 Å². The zero-order valence-corrected chi connectivity index (χ0v) is 30.0. The van der Waals surface area contributed by atoms with Gasteiger partial charge in [0.05, 0.1) is 21.5 Å². The molecule has 0 saturated carbocycles. The largest absolute Gasteiger partial charge is 0.207 e. The van der Waals surface area contributed by atoms with Gasteiger partial charge in [0.15, 0.2) is 116 Å². The smallest absolute Gasteiger partial charge is 0.195 e. The summed E-state index contributed by atoms with van der Waals surface area (Å²) in [5.41, 5.74) is -12.1. The van der Waals surface area contributed by atoms with E-state index < -0.39 is 235 Å². The van der Waals surface area contributed by atoms with Gasteiger partial charge in [-0.05, 0) is 45.8 Å². The lowest BCUT2D eigenvalue weighted by molar-refractivity contribution is 0.436. The number of hydrogen-bond acceptors (Lipinski definition) is 0. The van der Waals surface area contributed by atoms with E-state index in [1.807, 2.05) is 0 Å². The highest BCUT2D eigenvalue weighted by Gasteiger charge is 2.49. The van der Waals surface area contributed by atoms with Gasteiger partial charge in [-0.2, -0.15) is 0 Å². The molecule has 0 bridgehead atoms. The van der Waals surface area contributed by atoms with Crippen LogP contribution < -0.4 is 21.9 Å². The lowest BCUT2D eigenvalue weighted by Crippen LogP contribution is -2.78. The van der Waals surface area contributed by atoms with Crippen molar-refractivity contribution in [3.63, 3.8) is 0 Å². The molecule has 65 heavy (non-hydrogen) atoms. The Morgan fingerprint density at radius 2 is 0.338 bits per heavy atom. The molecule has 336 valence electrons. The highest BCUT2D eigenvalue weighted by atomic mass is 19.2. The average molecular weight is 951 g/mol.